The highest BCUT2D eigenvalue weighted by atomic mass is 79.9. The van der Waals surface area contributed by atoms with Crippen LogP contribution in [0.3, 0.4) is 0 Å². The van der Waals surface area contributed by atoms with Crippen LogP contribution in [-0.2, 0) is 0 Å². The Morgan fingerprint density at radius 2 is 2.33 bits per heavy atom. The highest BCUT2D eigenvalue weighted by molar-refractivity contribution is 9.10. The van der Waals surface area contributed by atoms with Crippen molar-refractivity contribution in [1.82, 2.24) is 0 Å². The van der Waals surface area contributed by atoms with E-state index in [1.54, 1.807) is 0 Å². The van der Waals surface area contributed by atoms with Gasteiger partial charge in [-0.15, -0.1) is 0 Å². The zero-order valence-electron chi connectivity index (χ0n) is 10.4. The molecule has 18 heavy (non-hydrogen) atoms. The number of benzene rings is 1. The van der Waals surface area contributed by atoms with Crippen molar-refractivity contribution in [3.05, 3.63) is 28.7 Å². The lowest BCUT2D eigenvalue weighted by Gasteiger charge is -2.31. The fourth-order valence-electron chi connectivity index (χ4n) is 2.68. The smallest absolute Gasteiger partial charge is 0.120 e. The van der Waals surface area contributed by atoms with Gasteiger partial charge >= 0.3 is 0 Å². The van der Waals surface area contributed by atoms with Gasteiger partial charge in [-0.05, 0) is 37.5 Å². The van der Waals surface area contributed by atoms with Crippen molar-refractivity contribution < 1.29 is 9.84 Å². The summed E-state index contributed by atoms with van der Waals surface area (Å²) < 4.78 is 6.74. The molecule has 0 radical (unpaired) electrons. The maximum Gasteiger partial charge on any atom is 0.120 e. The Labute approximate surface area is 116 Å². The van der Waals surface area contributed by atoms with Gasteiger partial charge < -0.3 is 15.6 Å². The van der Waals surface area contributed by atoms with Crippen molar-refractivity contribution in [1.29, 1.82) is 0 Å². The Morgan fingerprint density at radius 3 is 2.94 bits per heavy atom. The van der Waals surface area contributed by atoms with Gasteiger partial charge in [0.1, 0.15) is 5.75 Å². The van der Waals surface area contributed by atoms with E-state index >= 15 is 0 Å². The SMILES string of the molecule is NCC1(CCOc2cccc(Br)c2)CCCC1O. The summed E-state index contributed by atoms with van der Waals surface area (Å²) in [5, 5.41) is 10.0. The van der Waals surface area contributed by atoms with Gasteiger partial charge in [0, 0.05) is 16.4 Å². The average molecular weight is 314 g/mol. The Morgan fingerprint density at radius 1 is 1.50 bits per heavy atom. The number of ether oxygens (including phenoxy) is 1. The molecular formula is C14H20BrNO2. The van der Waals surface area contributed by atoms with Crippen molar-refractivity contribution in [2.75, 3.05) is 13.2 Å². The second-order valence-electron chi connectivity index (χ2n) is 5.03. The van der Waals surface area contributed by atoms with E-state index in [1.807, 2.05) is 24.3 Å². The van der Waals surface area contributed by atoms with Crippen LogP contribution in [-0.4, -0.2) is 24.4 Å². The van der Waals surface area contributed by atoms with E-state index in [1.165, 1.54) is 0 Å². The van der Waals surface area contributed by atoms with Gasteiger partial charge in [0.2, 0.25) is 0 Å². The molecule has 4 heteroatoms. The first-order valence-corrected chi connectivity index (χ1v) is 7.22. The molecule has 0 bridgehead atoms. The Bertz CT molecular complexity index is 399. The molecule has 0 amide bonds. The molecule has 2 atom stereocenters. The quantitative estimate of drug-likeness (QED) is 0.878. The van der Waals surface area contributed by atoms with Gasteiger partial charge in [0.25, 0.3) is 0 Å². The summed E-state index contributed by atoms with van der Waals surface area (Å²) in [6, 6.07) is 7.79. The largest absolute Gasteiger partial charge is 0.494 e. The normalized spacial score (nSPS) is 27.4. The zero-order valence-corrected chi connectivity index (χ0v) is 12.0. The van der Waals surface area contributed by atoms with E-state index in [0.29, 0.717) is 13.2 Å². The molecule has 3 N–H and O–H groups in total. The summed E-state index contributed by atoms with van der Waals surface area (Å²) in [5.74, 6) is 0.851. The summed E-state index contributed by atoms with van der Waals surface area (Å²) in [6.07, 6.45) is 3.49. The van der Waals surface area contributed by atoms with E-state index in [9.17, 15) is 5.11 Å². The number of aliphatic hydroxyl groups excluding tert-OH is 1. The molecule has 1 aromatic carbocycles. The van der Waals surface area contributed by atoms with Gasteiger partial charge in [0.05, 0.1) is 12.7 Å². The molecule has 0 aromatic heterocycles. The van der Waals surface area contributed by atoms with Crippen LogP contribution in [0.5, 0.6) is 5.75 Å². The minimum atomic E-state index is -0.270. The lowest BCUT2D eigenvalue weighted by Crippen LogP contribution is -2.38. The molecule has 0 heterocycles. The van der Waals surface area contributed by atoms with E-state index in [-0.39, 0.29) is 11.5 Å². The second-order valence-corrected chi connectivity index (χ2v) is 5.95. The first-order chi connectivity index (χ1) is 8.66. The molecule has 0 saturated heterocycles. The Hall–Kier alpha value is -0.580. The van der Waals surface area contributed by atoms with Gasteiger partial charge in [-0.25, -0.2) is 0 Å². The topological polar surface area (TPSA) is 55.5 Å². The molecule has 1 aromatic rings. The van der Waals surface area contributed by atoms with Crippen LogP contribution in [0.2, 0.25) is 0 Å². The summed E-state index contributed by atoms with van der Waals surface area (Å²) in [5.41, 5.74) is 5.71. The predicted molar refractivity (Wildman–Crippen MR) is 75.6 cm³/mol. The van der Waals surface area contributed by atoms with Crippen molar-refractivity contribution in [2.45, 2.75) is 31.8 Å². The fourth-order valence-corrected chi connectivity index (χ4v) is 3.06. The van der Waals surface area contributed by atoms with Gasteiger partial charge in [-0.3, -0.25) is 0 Å². The van der Waals surface area contributed by atoms with Crippen LogP contribution >= 0.6 is 15.9 Å². The monoisotopic (exact) mass is 313 g/mol. The van der Waals surface area contributed by atoms with Gasteiger partial charge in [-0.2, -0.15) is 0 Å². The second kappa shape index (κ2) is 6.04. The maximum absolute atomic E-state index is 10.0. The number of aliphatic hydroxyl groups is 1. The molecule has 1 saturated carbocycles. The third-order valence-electron chi connectivity index (χ3n) is 3.93. The fraction of sp³-hybridized carbons (Fsp3) is 0.571. The number of hydrogen-bond acceptors (Lipinski definition) is 3. The highest BCUT2D eigenvalue weighted by Gasteiger charge is 2.40. The minimum absolute atomic E-state index is 0.133. The molecule has 0 aliphatic heterocycles. The lowest BCUT2D eigenvalue weighted by molar-refractivity contribution is 0.0413. The molecule has 2 unspecified atom stereocenters. The van der Waals surface area contributed by atoms with E-state index in [0.717, 1.165) is 35.9 Å². The molecular weight excluding hydrogens is 294 g/mol. The molecule has 1 fully saturated rings. The minimum Gasteiger partial charge on any atom is -0.494 e. The van der Waals surface area contributed by atoms with Crippen molar-refractivity contribution in [3.63, 3.8) is 0 Å². The summed E-state index contributed by atoms with van der Waals surface area (Å²) >= 11 is 3.41. The zero-order chi connectivity index (χ0) is 13.0. The first kappa shape index (κ1) is 13.8. The summed E-state index contributed by atoms with van der Waals surface area (Å²) in [7, 11) is 0. The number of nitrogens with two attached hydrogens (primary N) is 1. The van der Waals surface area contributed by atoms with Crippen LogP contribution in [0.4, 0.5) is 0 Å². The van der Waals surface area contributed by atoms with Crippen LogP contribution in [0.25, 0.3) is 0 Å². The Balaban J connectivity index is 1.88. The van der Waals surface area contributed by atoms with Crippen LogP contribution < -0.4 is 10.5 Å². The highest BCUT2D eigenvalue weighted by Crippen LogP contribution is 2.40. The third-order valence-corrected chi connectivity index (χ3v) is 4.42. The van der Waals surface area contributed by atoms with Crippen molar-refractivity contribution in [2.24, 2.45) is 11.1 Å². The molecule has 2 rings (SSSR count). The molecule has 1 aliphatic rings. The Kier molecular flexibility index (Phi) is 4.65. The van der Waals surface area contributed by atoms with Crippen LogP contribution in [0.1, 0.15) is 25.7 Å². The molecule has 100 valence electrons. The number of halogens is 1. The van der Waals surface area contributed by atoms with Gasteiger partial charge in [-0.1, -0.05) is 28.4 Å². The predicted octanol–water partition coefficient (Wildman–Crippen LogP) is 2.71. The van der Waals surface area contributed by atoms with Crippen molar-refractivity contribution >= 4 is 15.9 Å². The average Bonchev–Trinajstić information content (AvgIpc) is 2.72. The van der Waals surface area contributed by atoms with Crippen molar-refractivity contribution in [3.8, 4) is 5.75 Å². The third kappa shape index (κ3) is 3.05. The number of rotatable bonds is 5. The lowest BCUT2D eigenvalue weighted by atomic mass is 9.81. The van der Waals surface area contributed by atoms with E-state index in [4.69, 9.17) is 10.5 Å². The first-order valence-electron chi connectivity index (χ1n) is 6.43. The van der Waals surface area contributed by atoms with E-state index < -0.39 is 0 Å². The number of hydrogen-bond donors (Lipinski definition) is 2. The van der Waals surface area contributed by atoms with Gasteiger partial charge in [0.15, 0.2) is 0 Å². The standard InChI is InChI=1S/C14H20BrNO2/c15-11-3-1-4-12(9-11)18-8-7-14(10-16)6-2-5-13(14)17/h1,3-4,9,13,17H,2,5-8,10,16H2. The van der Waals surface area contributed by atoms with Crippen LogP contribution in [0.15, 0.2) is 28.7 Å². The summed E-state index contributed by atoms with van der Waals surface area (Å²) in [6.45, 7) is 1.14. The maximum atomic E-state index is 10.0. The molecule has 1 aliphatic carbocycles. The summed E-state index contributed by atoms with van der Waals surface area (Å²) in [4.78, 5) is 0. The van der Waals surface area contributed by atoms with Crippen LogP contribution in [0, 0.1) is 5.41 Å². The molecule has 0 spiro atoms. The molecule has 3 nitrogen and oxygen atoms in total. The van der Waals surface area contributed by atoms with E-state index in [2.05, 4.69) is 15.9 Å².